The lowest BCUT2D eigenvalue weighted by atomic mass is 9.87. The standard InChI is InChI=1S/C29H30ClFN6O2/c1-28(2,3)19-15-23(18-9-10-20(30)21(31)14-18)34-37-16-24(33-25(19)37)27(39)36-13-12-35(17-29(36,4)5)26(38)22-8-6-7-11-32-22/h6-11,14-16H,12-13,17H2,1-5H3. The van der Waals surface area contributed by atoms with E-state index in [1.54, 1.807) is 51.0 Å². The van der Waals surface area contributed by atoms with Crippen LogP contribution in [0.5, 0.6) is 0 Å². The summed E-state index contributed by atoms with van der Waals surface area (Å²) in [6.45, 7) is 11.1. The number of benzene rings is 1. The van der Waals surface area contributed by atoms with Gasteiger partial charge in [0.05, 0.1) is 22.5 Å². The average molecular weight is 549 g/mol. The van der Waals surface area contributed by atoms with E-state index in [0.717, 1.165) is 5.56 Å². The molecule has 3 aromatic heterocycles. The summed E-state index contributed by atoms with van der Waals surface area (Å²) in [6.07, 6.45) is 3.21. The summed E-state index contributed by atoms with van der Waals surface area (Å²) in [6, 6.07) is 11.7. The van der Waals surface area contributed by atoms with Gasteiger partial charge < -0.3 is 9.80 Å². The number of carbonyl (C=O) groups excluding carboxylic acids is 2. The molecule has 10 heteroatoms. The first kappa shape index (κ1) is 26.7. The fraction of sp³-hybridized carbons (Fsp3) is 0.345. The lowest BCUT2D eigenvalue weighted by Gasteiger charge is -2.46. The second-order valence-corrected chi connectivity index (χ2v) is 11.8. The van der Waals surface area contributed by atoms with Crippen molar-refractivity contribution < 1.29 is 14.0 Å². The van der Waals surface area contributed by atoms with Gasteiger partial charge in [-0.3, -0.25) is 14.6 Å². The maximum Gasteiger partial charge on any atom is 0.274 e. The van der Waals surface area contributed by atoms with E-state index in [1.165, 1.54) is 12.1 Å². The van der Waals surface area contributed by atoms with E-state index in [2.05, 4.69) is 10.1 Å². The molecule has 0 spiro atoms. The number of carbonyl (C=O) groups is 2. The number of amides is 2. The lowest BCUT2D eigenvalue weighted by Crippen LogP contribution is -2.62. The Morgan fingerprint density at radius 2 is 1.79 bits per heavy atom. The van der Waals surface area contributed by atoms with Crippen LogP contribution < -0.4 is 0 Å². The predicted molar refractivity (Wildman–Crippen MR) is 147 cm³/mol. The zero-order chi connectivity index (χ0) is 28.1. The Kier molecular flexibility index (Phi) is 6.66. The van der Waals surface area contributed by atoms with Crippen molar-refractivity contribution >= 4 is 29.1 Å². The lowest BCUT2D eigenvalue weighted by molar-refractivity contribution is 0.0163. The zero-order valence-corrected chi connectivity index (χ0v) is 23.3. The molecule has 1 saturated heterocycles. The van der Waals surface area contributed by atoms with Crippen LogP contribution in [0.2, 0.25) is 5.02 Å². The van der Waals surface area contributed by atoms with Crippen molar-refractivity contribution in [3.05, 3.63) is 82.6 Å². The van der Waals surface area contributed by atoms with Crippen LogP contribution >= 0.6 is 11.6 Å². The number of imidazole rings is 1. The number of fused-ring (bicyclic) bond motifs is 1. The largest absolute Gasteiger partial charge is 0.333 e. The van der Waals surface area contributed by atoms with Crippen molar-refractivity contribution in [2.24, 2.45) is 0 Å². The van der Waals surface area contributed by atoms with Crippen molar-refractivity contribution in [3.63, 3.8) is 0 Å². The fourth-order valence-corrected chi connectivity index (χ4v) is 5.04. The average Bonchev–Trinajstić information content (AvgIpc) is 3.32. The molecule has 2 amide bonds. The van der Waals surface area contributed by atoms with E-state index in [4.69, 9.17) is 16.6 Å². The Balaban J connectivity index is 1.47. The quantitative estimate of drug-likeness (QED) is 0.349. The van der Waals surface area contributed by atoms with Crippen molar-refractivity contribution in [2.45, 2.75) is 45.6 Å². The monoisotopic (exact) mass is 548 g/mol. The van der Waals surface area contributed by atoms with Crippen molar-refractivity contribution in [2.75, 3.05) is 19.6 Å². The third-order valence-corrected chi connectivity index (χ3v) is 7.29. The second-order valence-electron chi connectivity index (χ2n) is 11.4. The first-order valence-corrected chi connectivity index (χ1v) is 13.1. The second kappa shape index (κ2) is 9.72. The number of hydrogen-bond acceptors (Lipinski definition) is 5. The first-order chi connectivity index (χ1) is 18.3. The highest BCUT2D eigenvalue weighted by molar-refractivity contribution is 6.30. The summed E-state index contributed by atoms with van der Waals surface area (Å²) in [5, 5.41) is 4.70. The molecule has 1 aromatic carbocycles. The maximum atomic E-state index is 14.2. The number of halogens is 2. The van der Waals surface area contributed by atoms with E-state index in [1.807, 2.05) is 40.7 Å². The third-order valence-electron chi connectivity index (χ3n) is 6.99. The van der Waals surface area contributed by atoms with Crippen LogP contribution in [-0.4, -0.2) is 66.4 Å². The van der Waals surface area contributed by atoms with Gasteiger partial charge in [-0.25, -0.2) is 13.9 Å². The number of aromatic nitrogens is 4. The van der Waals surface area contributed by atoms with Gasteiger partial charge in [0.25, 0.3) is 11.8 Å². The Bertz CT molecular complexity index is 1580. The Morgan fingerprint density at radius 1 is 1.03 bits per heavy atom. The van der Waals surface area contributed by atoms with Gasteiger partial charge in [-0.1, -0.05) is 44.5 Å². The molecule has 0 saturated carbocycles. The van der Waals surface area contributed by atoms with Crippen LogP contribution in [0.15, 0.2) is 54.9 Å². The molecule has 8 nitrogen and oxygen atoms in total. The van der Waals surface area contributed by atoms with E-state index in [9.17, 15) is 14.0 Å². The van der Waals surface area contributed by atoms with Crippen LogP contribution in [-0.2, 0) is 5.41 Å². The van der Waals surface area contributed by atoms with Gasteiger partial charge in [0.2, 0.25) is 0 Å². The molecular formula is C29H30ClFN6O2. The summed E-state index contributed by atoms with van der Waals surface area (Å²) in [5.41, 5.74) is 2.21. The van der Waals surface area contributed by atoms with Gasteiger partial charge >= 0.3 is 0 Å². The molecular weight excluding hydrogens is 519 g/mol. The van der Waals surface area contributed by atoms with Gasteiger partial charge in [-0.05, 0) is 49.6 Å². The smallest absolute Gasteiger partial charge is 0.274 e. The normalized spacial score (nSPS) is 15.6. The molecule has 1 aliphatic heterocycles. The molecule has 0 unspecified atom stereocenters. The van der Waals surface area contributed by atoms with Gasteiger partial charge in [-0.2, -0.15) is 5.10 Å². The molecule has 1 aliphatic rings. The summed E-state index contributed by atoms with van der Waals surface area (Å²) in [5.74, 6) is -0.930. The molecule has 0 atom stereocenters. The Labute approximate surface area is 231 Å². The highest BCUT2D eigenvalue weighted by Crippen LogP contribution is 2.32. The number of hydrogen-bond donors (Lipinski definition) is 0. The predicted octanol–water partition coefficient (Wildman–Crippen LogP) is 5.26. The zero-order valence-electron chi connectivity index (χ0n) is 22.6. The minimum atomic E-state index is -0.637. The van der Waals surface area contributed by atoms with Crippen LogP contribution in [0.3, 0.4) is 0 Å². The highest BCUT2D eigenvalue weighted by Gasteiger charge is 2.40. The molecule has 0 N–H and O–H groups in total. The van der Waals surface area contributed by atoms with Gasteiger partial charge in [0.15, 0.2) is 5.65 Å². The van der Waals surface area contributed by atoms with Crippen molar-refractivity contribution in [3.8, 4) is 11.3 Å². The van der Waals surface area contributed by atoms with E-state index < -0.39 is 11.4 Å². The number of rotatable bonds is 3. The summed E-state index contributed by atoms with van der Waals surface area (Å²) in [7, 11) is 0. The molecule has 1 fully saturated rings. The summed E-state index contributed by atoms with van der Waals surface area (Å²) >= 11 is 5.88. The van der Waals surface area contributed by atoms with Gasteiger partial charge in [0, 0.05) is 37.0 Å². The minimum absolute atomic E-state index is 0.0378. The van der Waals surface area contributed by atoms with E-state index in [0.29, 0.717) is 42.2 Å². The molecule has 39 heavy (non-hydrogen) atoms. The topological polar surface area (TPSA) is 83.7 Å². The molecule has 4 aromatic rings. The Hall–Kier alpha value is -3.85. The molecule has 5 rings (SSSR count). The van der Waals surface area contributed by atoms with Crippen LogP contribution in [0, 0.1) is 5.82 Å². The number of pyridine rings is 1. The van der Waals surface area contributed by atoms with Gasteiger partial charge in [0.1, 0.15) is 17.2 Å². The molecule has 0 aliphatic carbocycles. The number of piperazine rings is 1. The summed E-state index contributed by atoms with van der Waals surface area (Å²) in [4.78, 5) is 39.1. The first-order valence-electron chi connectivity index (χ1n) is 12.7. The molecule has 0 radical (unpaired) electrons. The van der Waals surface area contributed by atoms with Crippen LogP contribution in [0.1, 0.15) is 61.2 Å². The van der Waals surface area contributed by atoms with E-state index >= 15 is 0 Å². The van der Waals surface area contributed by atoms with Crippen molar-refractivity contribution in [1.82, 2.24) is 29.4 Å². The summed E-state index contributed by atoms with van der Waals surface area (Å²) < 4.78 is 15.8. The minimum Gasteiger partial charge on any atom is -0.333 e. The number of nitrogens with zero attached hydrogens (tertiary/aromatic N) is 6. The molecule has 4 heterocycles. The van der Waals surface area contributed by atoms with Gasteiger partial charge in [-0.15, -0.1) is 0 Å². The van der Waals surface area contributed by atoms with Crippen LogP contribution in [0.25, 0.3) is 16.9 Å². The van der Waals surface area contributed by atoms with E-state index in [-0.39, 0.29) is 27.9 Å². The Morgan fingerprint density at radius 3 is 2.44 bits per heavy atom. The van der Waals surface area contributed by atoms with Crippen molar-refractivity contribution in [1.29, 1.82) is 0 Å². The fourth-order valence-electron chi connectivity index (χ4n) is 4.92. The SMILES string of the molecule is CC(C)(C)c1cc(-c2ccc(Cl)c(F)c2)nn2cc(C(=O)N3CCN(C(=O)c4ccccn4)CC3(C)C)nc12. The third kappa shape index (κ3) is 5.11. The van der Waals surface area contributed by atoms with Crippen LogP contribution in [0.4, 0.5) is 4.39 Å². The maximum absolute atomic E-state index is 14.2. The molecule has 0 bridgehead atoms. The highest BCUT2D eigenvalue weighted by atomic mass is 35.5. The molecule has 202 valence electrons.